The molecule has 2 nitrogen and oxygen atoms in total. The van der Waals surface area contributed by atoms with Crippen molar-refractivity contribution in [1.29, 1.82) is 0 Å². The van der Waals surface area contributed by atoms with Gasteiger partial charge in [-0.2, -0.15) is 0 Å². The van der Waals surface area contributed by atoms with Crippen LogP contribution in [-0.2, 0) is 9.59 Å². The van der Waals surface area contributed by atoms with Gasteiger partial charge in [-0.25, -0.2) is 0 Å². The minimum atomic E-state index is -0.625. The van der Waals surface area contributed by atoms with Crippen LogP contribution in [0.1, 0.15) is 52.9 Å². The molecular weight excluding hydrogens is 212 g/mol. The van der Waals surface area contributed by atoms with E-state index in [4.69, 9.17) is 0 Å². The SMILES string of the molecule is CC1(C)CCC[C@]2(C)[C@H]3CC[C@]2(C=O)C(=O)[C@H]31. The van der Waals surface area contributed by atoms with Crippen molar-refractivity contribution in [2.24, 2.45) is 28.1 Å². The number of hydrogen-bond acceptors (Lipinski definition) is 2. The van der Waals surface area contributed by atoms with Crippen molar-refractivity contribution in [3.05, 3.63) is 0 Å². The maximum atomic E-state index is 12.7. The Morgan fingerprint density at radius 2 is 1.88 bits per heavy atom. The van der Waals surface area contributed by atoms with Gasteiger partial charge in [0.05, 0.1) is 5.41 Å². The first-order chi connectivity index (χ1) is 7.89. The van der Waals surface area contributed by atoms with E-state index in [0.717, 1.165) is 32.0 Å². The van der Waals surface area contributed by atoms with Gasteiger partial charge in [0.25, 0.3) is 0 Å². The smallest absolute Gasteiger partial charge is 0.150 e. The lowest BCUT2D eigenvalue weighted by Crippen LogP contribution is -2.43. The molecule has 17 heavy (non-hydrogen) atoms. The number of carbonyl (C=O) groups is 2. The fourth-order valence-electron chi connectivity index (χ4n) is 5.34. The number of ketones is 1. The number of aldehydes is 1. The van der Waals surface area contributed by atoms with E-state index in [1.807, 2.05) is 0 Å². The molecule has 0 aromatic carbocycles. The van der Waals surface area contributed by atoms with Gasteiger partial charge in [-0.15, -0.1) is 0 Å². The van der Waals surface area contributed by atoms with Gasteiger partial charge in [0, 0.05) is 5.92 Å². The van der Waals surface area contributed by atoms with Gasteiger partial charge in [-0.05, 0) is 42.4 Å². The van der Waals surface area contributed by atoms with E-state index in [9.17, 15) is 9.59 Å². The molecule has 0 radical (unpaired) electrons. The van der Waals surface area contributed by atoms with Crippen molar-refractivity contribution in [2.75, 3.05) is 0 Å². The molecule has 3 aliphatic carbocycles. The van der Waals surface area contributed by atoms with Crippen LogP contribution in [0.3, 0.4) is 0 Å². The average Bonchev–Trinajstić information content (AvgIpc) is 2.58. The molecule has 94 valence electrons. The van der Waals surface area contributed by atoms with E-state index < -0.39 is 5.41 Å². The lowest BCUT2D eigenvalue weighted by Gasteiger charge is -2.38. The first-order valence-electron chi connectivity index (χ1n) is 6.90. The van der Waals surface area contributed by atoms with Crippen molar-refractivity contribution in [3.63, 3.8) is 0 Å². The van der Waals surface area contributed by atoms with E-state index in [0.29, 0.717) is 5.92 Å². The van der Waals surface area contributed by atoms with Gasteiger partial charge in [0.2, 0.25) is 0 Å². The summed E-state index contributed by atoms with van der Waals surface area (Å²) in [6.45, 7) is 6.65. The summed E-state index contributed by atoms with van der Waals surface area (Å²) in [6.07, 6.45) is 6.25. The summed E-state index contributed by atoms with van der Waals surface area (Å²) in [6, 6.07) is 0. The Morgan fingerprint density at radius 1 is 1.18 bits per heavy atom. The average molecular weight is 234 g/mol. The zero-order valence-electron chi connectivity index (χ0n) is 11.1. The number of hydrogen-bond donors (Lipinski definition) is 0. The van der Waals surface area contributed by atoms with Crippen molar-refractivity contribution < 1.29 is 9.59 Å². The largest absolute Gasteiger partial charge is 0.302 e. The Balaban J connectivity index is 2.19. The molecule has 0 aromatic heterocycles. The second-order valence-corrected chi connectivity index (χ2v) is 7.34. The Hall–Kier alpha value is -0.660. The predicted octanol–water partition coefficient (Wildman–Crippen LogP) is 3.00. The molecule has 2 heteroatoms. The minimum absolute atomic E-state index is 0.0374. The Morgan fingerprint density at radius 3 is 2.53 bits per heavy atom. The lowest BCUT2D eigenvalue weighted by molar-refractivity contribution is -0.142. The van der Waals surface area contributed by atoms with Crippen molar-refractivity contribution in [3.8, 4) is 0 Å². The summed E-state index contributed by atoms with van der Waals surface area (Å²) in [7, 11) is 0. The first-order valence-corrected chi connectivity index (χ1v) is 6.90. The Kier molecular flexibility index (Phi) is 2.03. The quantitative estimate of drug-likeness (QED) is 0.516. The van der Waals surface area contributed by atoms with Crippen LogP contribution in [-0.4, -0.2) is 12.1 Å². The van der Waals surface area contributed by atoms with Crippen LogP contribution in [0.5, 0.6) is 0 Å². The van der Waals surface area contributed by atoms with Crippen molar-refractivity contribution >= 4 is 12.1 Å². The maximum Gasteiger partial charge on any atom is 0.150 e. The van der Waals surface area contributed by atoms with Crippen LogP contribution in [0.4, 0.5) is 0 Å². The third kappa shape index (κ3) is 1.04. The predicted molar refractivity (Wildman–Crippen MR) is 65.5 cm³/mol. The maximum absolute atomic E-state index is 12.7. The zero-order chi connectivity index (χ0) is 12.5. The molecule has 3 rings (SSSR count). The highest BCUT2D eigenvalue weighted by atomic mass is 16.1. The van der Waals surface area contributed by atoms with Gasteiger partial charge in [0.1, 0.15) is 6.29 Å². The normalized spacial score (nSPS) is 51.4. The van der Waals surface area contributed by atoms with Crippen LogP contribution >= 0.6 is 0 Å². The Labute approximate surface area is 103 Å². The summed E-state index contributed by atoms with van der Waals surface area (Å²) >= 11 is 0. The molecular formula is C15H22O2. The topological polar surface area (TPSA) is 34.1 Å². The standard InChI is InChI=1S/C15H22O2/c1-13(2)6-4-7-14(3)10-5-8-15(14,9-16)12(17)11(10)13/h9-11H,4-8H2,1-3H3/t10-,11-,14+,15-/m0/s1. The first kappa shape index (κ1) is 11.4. The summed E-state index contributed by atoms with van der Waals surface area (Å²) < 4.78 is 0. The fraction of sp³-hybridized carbons (Fsp3) is 0.867. The molecule has 4 atom stereocenters. The Bertz CT molecular complexity index is 398. The van der Waals surface area contributed by atoms with Crippen LogP contribution in [0.25, 0.3) is 0 Å². The van der Waals surface area contributed by atoms with Gasteiger partial charge < -0.3 is 4.79 Å². The summed E-state index contributed by atoms with van der Waals surface area (Å²) in [5, 5.41) is 0. The molecule has 3 saturated carbocycles. The third-order valence-electron chi connectivity index (χ3n) is 6.37. The van der Waals surface area contributed by atoms with Crippen LogP contribution in [0.2, 0.25) is 0 Å². The number of Topliss-reactive ketones (excluding diaryl/α,β-unsaturated/α-hetero) is 1. The third-order valence-corrected chi connectivity index (χ3v) is 6.37. The summed E-state index contributed by atoms with van der Waals surface area (Å²) in [4.78, 5) is 24.4. The van der Waals surface area contributed by atoms with E-state index in [-0.39, 0.29) is 22.5 Å². The second kappa shape index (κ2) is 3.02. The zero-order valence-corrected chi connectivity index (χ0v) is 11.1. The van der Waals surface area contributed by atoms with E-state index >= 15 is 0 Å². The van der Waals surface area contributed by atoms with Crippen LogP contribution < -0.4 is 0 Å². The highest BCUT2D eigenvalue weighted by Crippen LogP contribution is 2.71. The van der Waals surface area contributed by atoms with Gasteiger partial charge in [-0.3, -0.25) is 4.79 Å². The van der Waals surface area contributed by atoms with Crippen LogP contribution in [0.15, 0.2) is 0 Å². The molecule has 0 heterocycles. The number of carbonyl (C=O) groups excluding carboxylic acids is 2. The van der Waals surface area contributed by atoms with Crippen molar-refractivity contribution in [1.82, 2.24) is 0 Å². The molecule has 0 saturated heterocycles. The molecule has 0 aliphatic heterocycles. The summed E-state index contributed by atoms with van der Waals surface area (Å²) in [5.41, 5.74) is -0.574. The van der Waals surface area contributed by atoms with Crippen molar-refractivity contribution in [2.45, 2.75) is 52.9 Å². The molecule has 0 N–H and O–H groups in total. The van der Waals surface area contributed by atoms with Gasteiger partial charge in [-0.1, -0.05) is 27.2 Å². The lowest BCUT2D eigenvalue weighted by atomic mass is 9.63. The fourth-order valence-corrected chi connectivity index (χ4v) is 5.34. The monoisotopic (exact) mass is 234 g/mol. The molecule has 3 aliphatic rings. The highest BCUT2D eigenvalue weighted by Gasteiger charge is 2.73. The van der Waals surface area contributed by atoms with E-state index in [1.165, 1.54) is 6.42 Å². The molecule has 0 unspecified atom stereocenters. The molecule has 0 aromatic rings. The molecule has 3 fully saturated rings. The summed E-state index contributed by atoms with van der Waals surface area (Å²) in [5.74, 6) is 0.864. The molecule has 0 amide bonds. The minimum Gasteiger partial charge on any atom is -0.302 e. The molecule has 0 spiro atoms. The van der Waals surface area contributed by atoms with Crippen LogP contribution in [0, 0.1) is 28.1 Å². The highest BCUT2D eigenvalue weighted by molar-refractivity contribution is 6.04. The van der Waals surface area contributed by atoms with Gasteiger partial charge in [0.15, 0.2) is 5.78 Å². The van der Waals surface area contributed by atoms with E-state index in [1.54, 1.807) is 0 Å². The van der Waals surface area contributed by atoms with Gasteiger partial charge >= 0.3 is 0 Å². The number of rotatable bonds is 1. The molecule has 4 bridgehead atoms. The second-order valence-electron chi connectivity index (χ2n) is 7.34. The van der Waals surface area contributed by atoms with E-state index in [2.05, 4.69) is 20.8 Å².